The Labute approximate surface area is 124 Å². The van der Waals surface area contributed by atoms with E-state index >= 15 is 0 Å². The highest BCUT2D eigenvalue weighted by atomic mass is 32.2. The summed E-state index contributed by atoms with van der Waals surface area (Å²) in [7, 11) is -7.89. The van der Waals surface area contributed by atoms with Gasteiger partial charge >= 0.3 is 0 Å². The van der Waals surface area contributed by atoms with E-state index in [4.69, 9.17) is 6.42 Å². The highest BCUT2D eigenvalue weighted by Gasteiger charge is 2.24. The fourth-order valence-corrected chi connectivity index (χ4v) is 3.65. The van der Waals surface area contributed by atoms with Crippen LogP contribution in [0.1, 0.15) is 19.8 Å². The summed E-state index contributed by atoms with van der Waals surface area (Å²) in [6, 6.07) is 1.82. The van der Waals surface area contributed by atoms with E-state index in [9.17, 15) is 21.2 Å². The zero-order valence-corrected chi connectivity index (χ0v) is 13.3. The molecule has 0 bridgehead atoms. The highest BCUT2D eigenvalue weighted by Crippen LogP contribution is 2.20. The first-order valence-electron chi connectivity index (χ1n) is 6.10. The summed E-state index contributed by atoms with van der Waals surface area (Å²) < 4.78 is 63.0. The number of hydrogen-bond donors (Lipinski definition) is 1. The average molecular weight is 333 g/mol. The lowest BCUT2D eigenvalue weighted by Gasteiger charge is -2.13. The van der Waals surface area contributed by atoms with E-state index in [0.717, 1.165) is 24.5 Å². The normalized spacial score (nSPS) is 13.6. The van der Waals surface area contributed by atoms with Crippen LogP contribution in [0.15, 0.2) is 28.0 Å². The third kappa shape index (κ3) is 4.52. The molecule has 1 unspecified atom stereocenters. The number of sulfonamides is 1. The average Bonchev–Trinajstić information content (AvgIpc) is 2.36. The van der Waals surface area contributed by atoms with Gasteiger partial charge in [-0.25, -0.2) is 21.2 Å². The van der Waals surface area contributed by atoms with Gasteiger partial charge in [-0.05, 0) is 24.6 Å². The molecule has 0 aliphatic rings. The summed E-state index contributed by atoms with van der Waals surface area (Å²) in [4.78, 5) is -1.01. The van der Waals surface area contributed by atoms with Gasteiger partial charge in [0.15, 0.2) is 9.84 Å². The zero-order valence-electron chi connectivity index (χ0n) is 11.6. The standard InChI is InChI=1S/C13H16FNO4S2/c1-4-6-10(5-2)15-21(18,19)13-9-11(20(3,16)17)7-8-12(13)14/h2,7-10,15H,4,6H2,1,3H3. The lowest BCUT2D eigenvalue weighted by molar-refractivity contribution is 0.544. The maximum Gasteiger partial charge on any atom is 0.244 e. The molecule has 0 saturated carbocycles. The molecular formula is C13H16FNO4S2. The van der Waals surface area contributed by atoms with Crippen LogP contribution in [-0.2, 0) is 19.9 Å². The lowest BCUT2D eigenvalue weighted by Crippen LogP contribution is -2.34. The molecule has 5 nitrogen and oxygen atoms in total. The Kier molecular flexibility index (Phi) is 5.50. The van der Waals surface area contributed by atoms with Gasteiger partial charge in [0.25, 0.3) is 0 Å². The summed E-state index contributed by atoms with van der Waals surface area (Å²) >= 11 is 0. The highest BCUT2D eigenvalue weighted by molar-refractivity contribution is 7.91. The van der Waals surface area contributed by atoms with E-state index in [2.05, 4.69) is 10.6 Å². The van der Waals surface area contributed by atoms with Crippen LogP contribution in [0.2, 0.25) is 0 Å². The molecule has 0 radical (unpaired) electrons. The van der Waals surface area contributed by atoms with Gasteiger partial charge in [0, 0.05) is 6.26 Å². The molecule has 116 valence electrons. The largest absolute Gasteiger partial charge is 0.244 e. The molecule has 0 fully saturated rings. The third-order valence-corrected chi connectivity index (χ3v) is 5.29. The number of terminal acetylenes is 1. The van der Waals surface area contributed by atoms with Gasteiger partial charge in [0.05, 0.1) is 10.9 Å². The molecule has 0 aromatic heterocycles. The third-order valence-electron chi connectivity index (χ3n) is 2.70. The van der Waals surface area contributed by atoms with Gasteiger partial charge in [-0.1, -0.05) is 19.3 Å². The molecule has 1 N–H and O–H groups in total. The summed E-state index contributed by atoms with van der Waals surface area (Å²) in [6.45, 7) is 1.82. The topological polar surface area (TPSA) is 80.3 Å². The van der Waals surface area contributed by atoms with E-state index in [1.165, 1.54) is 0 Å². The van der Waals surface area contributed by atoms with Crippen LogP contribution >= 0.6 is 0 Å². The van der Waals surface area contributed by atoms with Crippen LogP contribution in [0.5, 0.6) is 0 Å². The van der Waals surface area contributed by atoms with Crippen molar-refractivity contribution in [2.45, 2.75) is 35.6 Å². The van der Waals surface area contributed by atoms with Gasteiger partial charge in [-0.15, -0.1) is 6.42 Å². The number of nitrogens with one attached hydrogen (secondary N) is 1. The number of sulfone groups is 1. The summed E-state index contributed by atoms with van der Waals surface area (Å²) in [5.41, 5.74) is 0. The maximum atomic E-state index is 13.7. The summed E-state index contributed by atoms with van der Waals surface area (Å²) in [6.07, 6.45) is 7.16. The van der Waals surface area contributed by atoms with E-state index in [1.807, 2.05) is 6.92 Å². The second-order valence-corrected chi connectivity index (χ2v) is 8.19. The van der Waals surface area contributed by atoms with E-state index in [1.54, 1.807) is 0 Å². The van der Waals surface area contributed by atoms with Crippen molar-refractivity contribution in [3.63, 3.8) is 0 Å². The maximum absolute atomic E-state index is 13.7. The SMILES string of the molecule is C#CC(CCC)NS(=O)(=O)c1cc(S(C)(=O)=O)ccc1F. The molecule has 0 aliphatic carbocycles. The zero-order chi connectivity index (χ0) is 16.3. The molecule has 0 spiro atoms. The molecule has 0 aliphatic heterocycles. The summed E-state index contributed by atoms with van der Waals surface area (Å²) in [5, 5.41) is 0. The Bertz CT molecular complexity index is 764. The van der Waals surface area contributed by atoms with Crippen LogP contribution in [0.25, 0.3) is 0 Å². The lowest BCUT2D eigenvalue weighted by atomic mass is 10.2. The molecule has 0 heterocycles. The van der Waals surface area contributed by atoms with Gasteiger partial charge in [-0.3, -0.25) is 0 Å². The molecule has 0 amide bonds. The van der Waals surface area contributed by atoms with Crippen molar-refractivity contribution in [2.75, 3.05) is 6.26 Å². The van der Waals surface area contributed by atoms with Crippen LogP contribution in [0, 0.1) is 18.2 Å². The quantitative estimate of drug-likeness (QED) is 0.629. The first kappa shape index (κ1) is 17.6. The molecule has 8 heteroatoms. The van der Waals surface area contributed by atoms with E-state index < -0.39 is 36.6 Å². The monoisotopic (exact) mass is 333 g/mol. The molecule has 1 rings (SSSR count). The van der Waals surface area contributed by atoms with Crippen LogP contribution in [0.3, 0.4) is 0 Å². The van der Waals surface area contributed by atoms with Gasteiger partial charge in [0.2, 0.25) is 10.0 Å². The van der Waals surface area contributed by atoms with Gasteiger partial charge < -0.3 is 0 Å². The predicted molar refractivity (Wildman–Crippen MR) is 77.4 cm³/mol. The predicted octanol–water partition coefficient (Wildman–Crippen LogP) is 1.31. The van der Waals surface area contributed by atoms with E-state index in [0.29, 0.717) is 12.8 Å². The number of halogens is 1. The second kappa shape index (κ2) is 6.56. The Hall–Kier alpha value is -1.43. The fourth-order valence-electron chi connectivity index (χ4n) is 1.64. The number of rotatable bonds is 6. The molecule has 1 atom stereocenters. The molecule has 1 aromatic carbocycles. The molecule has 1 aromatic rings. The van der Waals surface area contributed by atoms with Crippen molar-refractivity contribution in [3.8, 4) is 12.3 Å². The Morgan fingerprint density at radius 3 is 2.43 bits per heavy atom. The first-order chi connectivity index (χ1) is 9.61. The Morgan fingerprint density at radius 2 is 1.95 bits per heavy atom. The molecule has 0 saturated heterocycles. The van der Waals surface area contributed by atoms with Gasteiger partial charge in [-0.2, -0.15) is 4.72 Å². The van der Waals surface area contributed by atoms with Crippen molar-refractivity contribution < 1.29 is 21.2 Å². The Balaban J connectivity index is 3.29. The second-order valence-electron chi connectivity index (χ2n) is 4.49. The fraction of sp³-hybridized carbons (Fsp3) is 0.385. The van der Waals surface area contributed by atoms with Crippen molar-refractivity contribution in [1.29, 1.82) is 0 Å². The molecule has 21 heavy (non-hydrogen) atoms. The minimum absolute atomic E-state index is 0.281. The minimum Gasteiger partial charge on any atom is -0.224 e. The van der Waals surface area contributed by atoms with Crippen molar-refractivity contribution in [1.82, 2.24) is 4.72 Å². The minimum atomic E-state index is -4.24. The van der Waals surface area contributed by atoms with Crippen molar-refractivity contribution in [3.05, 3.63) is 24.0 Å². The van der Waals surface area contributed by atoms with Crippen molar-refractivity contribution >= 4 is 19.9 Å². The van der Waals surface area contributed by atoms with Crippen LogP contribution < -0.4 is 4.72 Å². The van der Waals surface area contributed by atoms with Crippen LogP contribution in [-0.4, -0.2) is 29.1 Å². The van der Waals surface area contributed by atoms with Crippen molar-refractivity contribution in [2.24, 2.45) is 0 Å². The van der Waals surface area contributed by atoms with Crippen LogP contribution in [0.4, 0.5) is 4.39 Å². The van der Waals surface area contributed by atoms with E-state index in [-0.39, 0.29) is 4.90 Å². The Morgan fingerprint density at radius 1 is 1.33 bits per heavy atom. The first-order valence-corrected chi connectivity index (χ1v) is 9.47. The smallest absolute Gasteiger partial charge is 0.224 e. The number of benzene rings is 1. The number of hydrogen-bond acceptors (Lipinski definition) is 4. The molecular weight excluding hydrogens is 317 g/mol. The van der Waals surface area contributed by atoms with Gasteiger partial charge in [0.1, 0.15) is 10.7 Å². The summed E-state index contributed by atoms with van der Waals surface area (Å²) in [5.74, 6) is 1.22.